The smallest absolute Gasteiger partial charge is 0.311 e. The number of nitrogens with zero attached hydrogens (tertiary/aromatic N) is 2. The Hall–Kier alpha value is -4.11. The average molecular weight is 699 g/mol. The Kier molecular flexibility index (Phi) is 11.8. The summed E-state index contributed by atoms with van der Waals surface area (Å²) in [5.41, 5.74) is -2.72. The monoisotopic (exact) mass is 698 g/mol. The van der Waals surface area contributed by atoms with E-state index in [2.05, 4.69) is 5.92 Å². The summed E-state index contributed by atoms with van der Waals surface area (Å²) in [4.78, 5) is 53.6. The van der Waals surface area contributed by atoms with Gasteiger partial charge in [-0.1, -0.05) is 12.0 Å². The molecule has 1 aromatic heterocycles. The Morgan fingerprint density at radius 1 is 0.780 bits per heavy atom. The number of benzene rings is 1. The lowest BCUT2D eigenvalue weighted by molar-refractivity contribution is -0.294. The minimum atomic E-state index is -1.51. The van der Waals surface area contributed by atoms with Crippen molar-refractivity contribution in [2.45, 2.75) is 134 Å². The molecule has 12 nitrogen and oxygen atoms in total. The van der Waals surface area contributed by atoms with Crippen LogP contribution in [-0.2, 0) is 42.9 Å². The fourth-order valence-electron chi connectivity index (χ4n) is 4.65. The van der Waals surface area contributed by atoms with Crippen LogP contribution in [0.2, 0.25) is 0 Å². The van der Waals surface area contributed by atoms with Crippen molar-refractivity contribution in [3.63, 3.8) is 0 Å². The normalized spacial score (nSPS) is 21.7. The van der Waals surface area contributed by atoms with Crippen molar-refractivity contribution in [2.24, 2.45) is 21.7 Å². The van der Waals surface area contributed by atoms with E-state index in [1.807, 2.05) is 26.0 Å². The molecule has 0 saturated carbocycles. The zero-order chi connectivity index (χ0) is 38.1. The molecule has 1 aromatic carbocycles. The Bertz CT molecular complexity index is 1620. The maximum Gasteiger partial charge on any atom is 0.311 e. The minimum Gasteiger partial charge on any atom is -0.462 e. The predicted octanol–water partition coefficient (Wildman–Crippen LogP) is 6.17. The summed E-state index contributed by atoms with van der Waals surface area (Å²) in [7, 11) is 0. The van der Waals surface area contributed by atoms with Gasteiger partial charge in [0.05, 0.1) is 32.6 Å². The third kappa shape index (κ3) is 9.36. The summed E-state index contributed by atoms with van der Waals surface area (Å²) in [6.07, 6.45) is -1.22. The van der Waals surface area contributed by atoms with E-state index in [0.717, 1.165) is 0 Å². The van der Waals surface area contributed by atoms with E-state index in [1.165, 1.54) is 0 Å². The number of ether oxygens (including phenoxy) is 6. The van der Waals surface area contributed by atoms with Crippen molar-refractivity contribution >= 4 is 34.8 Å². The first-order chi connectivity index (χ1) is 22.8. The van der Waals surface area contributed by atoms with Crippen LogP contribution in [0.1, 0.15) is 109 Å². The number of terminal acetylenes is 1. The summed E-state index contributed by atoms with van der Waals surface area (Å²) in [6, 6.07) is 5.30. The zero-order valence-electron chi connectivity index (χ0n) is 32.0. The van der Waals surface area contributed by atoms with Crippen molar-refractivity contribution in [3.8, 4) is 18.2 Å². The molecule has 0 radical (unpaired) electrons. The molecule has 12 heteroatoms. The van der Waals surface area contributed by atoms with Crippen LogP contribution in [0.4, 0.5) is 0 Å². The van der Waals surface area contributed by atoms with E-state index < -0.39 is 82.8 Å². The lowest BCUT2D eigenvalue weighted by atomic mass is 9.93. The van der Waals surface area contributed by atoms with Crippen molar-refractivity contribution in [3.05, 3.63) is 23.8 Å². The van der Waals surface area contributed by atoms with Crippen molar-refractivity contribution in [1.82, 2.24) is 9.78 Å². The number of hydrogen-bond acceptors (Lipinski definition) is 11. The maximum atomic E-state index is 13.6. The Morgan fingerprint density at radius 2 is 1.26 bits per heavy atom. The van der Waals surface area contributed by atoms with Gasteiger partial charge in [0.2, 0.25) is 18.3 Å². The molecular formula is C38H54N2O10. The number of fused-ring (bicyclic) bond motifs is 1. The van der Waals surface area contributed by atoms with Crippen LogP contribution in [0.3, 0.4) is 0 Å². The molecule has 0 amide bonds. The van der Waals surface area contributed by atoms with Gasteiger partial charge < -0.3 is 28.4 Å². The summed E-state index contributed by atoms with van der Waals surface area (Å²) in [6.45, 7) is 23.5. The van der Waals surface area contributed by atoms with E-state index in [9.17, 15) is 19.2 Å². The van der Waals surface area contributed by atoms with E-state index in [1.54, 1.807) is 93.8 Å². The fraction of sp³-hybridized carbons (Fsp3) is 0.658. The van der Waals surface area contributed by atoms with Gasteiger partial charge in [-0.3, -0.25) is 23.9 Å². The quantitative estimate of drug-likeness (QED) is 0.178. The summed E-state index contributed by atoms with van der Waals surface area (Å²) in [5, 5.41) is 5.22. The van der Waals surface area contributed by atoms with Crippen LogP contribution in [0.15, 0.2) is 18.2 Å². The molecule has 0 aliphatic carbocycles. The molecule has 3 rings (SSSR count). The molecule has 50 heavy (non-hydrogen) atoms. The summed E-state index contributed by atoms with van der Waals surface area (Å²) >= 11 is 0. The first-order valence-electron chi connectivity index (χ1n) is 16.9. The number of aromatic nitrogens is 2. The van der Waals surface area contributed by atoms with Gasteiger partial charge >= 0.3 is 23.9 Å². The van der Waals surface area contributed by atoms with Gasteiger partial charge in [-0.2, -0.15) is 0 Å². The third-order valence-electron chi connectivity index (χ3n) is 7.72. The van der Waals surface area contributed by atoms with Crippen molar-refractivity contribution < 1.29 is 47.6 Å². The maximum absolute atomic E-state index is 13.6. The van der Waals surface area contributed by atoms with Crippen molar-refractivity contribution in [1.29, 1.82) is 0 Å². The lowest BCUT2D eigenvalue weighted by Gasteiger charge is -2.45. The molecule has 5 atom stereocenters. The van der Waals surface area contributed by atoms with Crippen LogP contribution in [0, 0.1) is 34.0 Å². The third-order valence-corrected chi connectivity index (χ3v) is 7.72. The predicted molar refractivity (Wildman–Crippen MR) is 186 cm³/mol. The van der Waals surface area contributed by atoms with Crippen LogP contribution < -0.4 is 4.74 Å². The fourth-order valence-corrected chi connectivity index (χ4v) is 4.65. The van der Waals surface area contributed by atoms with E-state index in [0.29, 0.717) is 16.5 Å². The average Bonchev–Trinajstić information content (AvgIpc) is 3.35. The standard InChI is InChI=1S/C38H54N2O10/c1-16-22-18-17-19-23-25(22)29(39-40(23)21(2)3)50-30-28(49-34(44)38(13,14)15)27(48-33(43)37(10,11)12)26(47-32(42)36(7,8)9)24(46-30)20-45-31(41)35(4,5)6/h1,17-19,21,24,26-28,30H,20H2,2-15H3/t24-,26-,27+,28-,30+/m1/s1. The molecule has 1 aliphatic rings. The second-order valence-electron chi connectivity index (χ2n) is 17.1. The van der Waals surface area contributed by atoms with Gasteiger partial charge in [-0.15, -0.1) is 11.5 Å². The second kappa shape index (κ2) is 14.6. The van der Waals surface area contributed by atoms with Gasteiger partial charge in [0, 0.05) is 11.6 Å². The minimum absolute atomic E-state index is 0.0699. The van der Waals surface area contributed by atoms with E-state index >= 15 is 0 Å². The zero-order valence-corrected chi connectivity index (χ0v) is 32.0. The first-order valence-corrected chi connectivity index (χ1v) is 16.9. The van der Waals surface area contributed by atoms with Crippen LogP contribution in [0.5, 0.6) is 5.88 Å². The highest BCUT2D eigenvalue weighted by Gasteiger charge is 2.56. The molecule has 2 heterocycles. The number of carbonyl (C=O) groups excluding carboxylic acids is 4. The molecule has 0 unspecified atom stereocenters. The molecule has 276 valence electrons. The number of hydrogen-bond donors (Lipinski definition) is 0. The molecule has 0 N–H and O–H groups in total. The van der Waals surface area contributed by atoms with Crippen molar-refractivity contribution in [2.75, 3.05) is 6.61 Å². The second-order valence-corrected chi connectivity index (χ2v) is 17.1. The molecule has 1 fully saturated rings. The Morgan fingerprint density at radius 3 is 1.72 bits per heavy atom. The Labute approximate surface area is 295 Å². The number of esters is 4. The van der Waals surface area contributed by atoms with Crippen LogP contribution in [-0.4, -0.2) is 71.0 Å². The van der Waals surface area contributed by atoms with Gasteiger partial charge in [-0.25, -0.2) is 0 Å². The van der Waals surface area contributed by atoms with Crippen LogP contribution >= 0.6 is 0 Å². The summed E-state index contributed by atoms with van der Waals surface area (Å²) in [5.74, 6) is 0.187. The van der Waals surface area contributed by atoms with Crippen LogP contribution in [0.25, 0.3) is 10.9 Å². The SMILES string of the molecule is C#Cc1cccc2c1c(O[C@@H]1O[C@H](COC(=O)C(C)(C)C)[C@@H](OC(=O)C(C)(C)C)[C@H](OC(=O)C(C)(C)C)[C@H]1OC(=O)C(C)(C)C)nn2C(C)C. The van der Waals surface area contributed by atoms with Gasteiger partial charge in [0.1, 0.15) is 12.7 Å². The lowest BCUT2D eigenvalue weighted by Crippen LogP contribution is -2.65. The highest BCUT2D eigenvalue weighted by Crippen LogP contribution is 2.37. The van der Waals surface area contributed by atoms with E-state index in [4.69, 9.17) is 39.9 Å². The molecule has 2 aromatic rings. The number of rotatable bonds is 8. The Balaban J connectivity index is 2.29. The molecule has 0 bridgehead atoms. The largest absolute Gasteiger partial charge is 0.462 e. The highest BCUT2D eigenvalue weighted by molar-refractivity contribution is 5.90. The summed E-state index contributed by atoms with van der Waals surface area (Å²) < 4.78 is 38.5. The molecule has 1 aliphatic heterocycles. The molecular weight excluding hydrogens is 644 g/mol. The highest BCUT2D eigenvalue weighted by atomic mass is 16.7. The van der Waals surface area contributed by atoms with Gasteiger partial charge in [-0.05, 0) is 109 Å². The molecule has 1 saturated heterocycles. The topological polar surface area (TPSA) is 141 Å². The van der Waals surface area contributed by atoms with Gasteiger partial charge in [0.15, 0.2) is 12.2 Å². The van der Waals surface area contributed by atoms with E-state index in [-0.39, 0.29) is 11.9 Å². The molecule has 0 spiro atoms. The first kappa shape index (κ1) is 40.3. The number of carbonyl (C=O) groups is 4. The van der Waals surface area contributed by atoms with Gasteiger partial charge in [0.25, 0.3) is 0 Å².